The first-order valence-corrected chi connectivity index (χ1v) is 11.3. The van der Waals surface area contributed by atoms with Gasteiger partial charge in [-0.25, -0.2) is 0 Å². The highest BCUT2D eigenvalue weighted by Gasteiger charge is 2.51. The number of ether oxygens (including phenoxy) is 2. The summed E-state index contributed by atoms with van der Waals surface area (Å²) in [6.45, 7) is 0.108. The fourth-order valence-electron chi connectivity index (χ4n) is 4.40. The van der Waals surface area contributed by atoms with Crippen molar-refractivity contribution in [3.05, 3.63) is 77.4 Å². The Labute approximate surface area is 207 Å². The molecule has 2 amide bonds. The molecule has 3 aromatic rings. The van der Waals surface area contributed by atoms with Crippen LogP contribution < -0.4 is 14.8 Å². The minimum atomic E-state index is -4.67. The van der Waals surface area contributed by atoms with Gasteiger partial charge in [0.15, 0.2) is 11.5 Å². The molecular formula is C27H25F3N2O4. The van der Waals surface area contributed by atoms with Gasteiger partial charge >= 0.3 is 6.18 Å². The first-order chi connectivity index (χ1) is 17.1. The first kappa shape index (κ1) is 23.7. The largest absolute Gasteiger partial charge is 0.454 e. The predicted octanol–water partition coefficient (Wildman–Crippen LogP) is 5.72. The van der Waals surface area contributed by atoms with Crippen LogP contribution in [-0.4, -0.2) is 37.6 Å². The van der Waals surface area contributed by atoms with Crippen molar-refractivity contribution in [1.82, 2.24) is 4.90 Å². The van der Waals surface area contributed by atoms with Gasteiger partial charge in [-0.1, -0.05) is 24.3 Å². The molecule has 0 unspecified atom stereocenters. The fraction of sp³-hybridized carbons (Fsp3) is 0.259. The van der Waals surface area contributed by atoms with Crippen LogP contribution in [0.15, 0.2) is 60.7 Å². The number of benzene rings is 3. The summed E-state index contributed by atoms with van der Waals surface area (Å²) in [4.78, 5) is 26.9. The van der Waals surface area contributed by atoms with Crippen LogP contribution in [0, 0.1) is 0 Å². The van der Waals surface area contributed by atoms with E-state index in [4.69, 9.17) is 9.47 Å². The van der Waals surface area contributed by atoms with Gasteiger partial charge in [0.2, 0.25) is 12.7 Å². The quantitative estimate of drug-likeness (QED) is 0.489. The molecule has 0 radical (unpaired) electrons. The number of carbonyl (C=O) groups is 2. The number of anilines is 1. The summed E-state index contributed by atoms with van der Waals surface area (Å²) in [5.41, 5.74) is -0.482. The number of nitrogens with zero attached hydrogens (tertiary/aromatic N) is 1. The zero-order valence-corrected chi connectivity index (χ0v) is 19.6. The minimum absolute atomic E-state index is 0. The molecule has 1 aliphatic carbocycles. The number of hydrogen-bond acceptors (Lipinski definition) is 4. The van der Waals surface area contributed by atoms with Crippen molar-refractivity contribution in [3.8, 4) is 22.6 Å². The lowest BCUT2D eigenvalue weighted by Gasteiger charge is -2.19. The highest BCUT2D eigenvalue weighted by atomic mass is 19.4. The second-order valence-corrected chi connectivity index (χ2v) is 9.14. The highest BCUT2D eigenvalue weighted by Crippen LogP contribution is 2.51. The average Bonchev–Trinajstić information content (AvgIpc) is 3.53. The summed E-state index contributed by atoms with van der Waals surface area (Å²) in [7, 11) is 3.15. The molecule has 1 saturated carbocycles. The predicted molar refractivity (Wildman–Crippen MR) is 129 cm³/mol. The van der Waals surface area contributed by atoms with E-state index in [1.807, 2.05) is 0 Å². The van der Waals surface area contributed by atoms with Crippen molar-refractivity contribution in [3.63, 3.8) is 0 Å². The Kier molecular flexibility index (Phi) is 5.65. The summed E-state index contributed by atoms with van der Waals surface area (Å²) < 4.78 is 52.9. The number of fused-ring (bicyclic) bond motifs is 1. The average molecular weight is 499 g/mol. The summed E-state index contributed by atoms with van der Waals surface area (Å²) in [5.74, 6) is 0.454. The van der Waals surface area contributed by atoms with Crippen LogP contribution in [0.1, 0.15) is 35.8 Å². The molecule has 1 fully saturated rings. The van der Waals surface area contributed by atoms with Crippen LogP contribution in [0.2, 0.25) is 0 Å². The lowest BCUT2D eigenvalue weighted by Crippen LogP contribution is -2.28. The van der Waals surface area contributed by atoms with E-state index in [9.17, 15) is 22.8 Å². The van der Waals surface area contributed by atoms with E-state index in [0.29, 0.717) is 24.3 Å². The van der Waals surface area contributed by atoms with Crippen LogP contribution in [0.25, 0.3) is 11.1 Å². The standard InChI is InChI=1S/C27H23F3N2O4.H2/c1-32(2)24(33)17-5-3-4-16(12-17)20-8-7-19(14-21(20)27(28,29)30)31-25(34)26(10-11-26)18-6-9-22-23(13-18)36-15-35-22;/h3-9,12-14H,10-11,15H2,1-2H3,(H,31,34);1H. The van der Waals surface area contributed by atoms with Gasteiger partial charge in [-0.2, -0.15) is 13.2 Å². The molecule has 5 rings (SSSR count). The number of carbonyl (C=O) groups excluding carboxylic acids is 2. The van der Waals surface area contributed by atoms with Gasteiger partial charge in [0, 0.05) is 26.8 Å². The lowest BCUT2D eigenvalue weighted by molar-refractivity contribution is -0.137. The minimum Gasteiger partial charge on any atom is -0.454 e. The van der Waals surface area contributed by atoms with Gasteiger partial charge in [0.25, 0.3) is 5.91 Å². The Balaban J connectivity index is 0.00000320. The highest BCUT2D eigenvalue weighted by molar-refractivity contribution is 6.02. The number of nitrogens with one attached hydrogen (secondary N) is 1. The van der Waals surface area contributed by atoms with E-state index in [1.165, 1.54) is 29.2 Å². The Hall–Kier alpha value is -4.01. The summed E-state index contributed by atoms with van der Waals surface area (Å²) in [5, 5.41) is 2.67. The summed E-state index contributed by atoms with van der Waals surface area (Å²) in [6, 6.07) is 15.0. The Morgan fingerprint density at radius 2 is 1.72 bits per heavy atom. The third-order valence-corrected chi connectivity index (χ3v) is 6.52. The van der Waals surface area contributed by atoms with Gasteiger partial charge in [-0.3, -0.25) is 9.59 Å². The zero-order valence-electron chi connectivity index (χ0n) is 19.6. The SMILES string of the molecule is CN(C)C(=O)c1cccc(-c2ccc(NC(=O)C3(c4ccc5c(c4)OCO5)CC3)cc2C(F)(F)F)c1.[HH]. The zero-order chi connectivity index (χ0) is 25.7. The van der Waals surface area contributed by atoms with E-state index in [1.54, 1.807) is 44.4 Å². The lowest BCUT2D eigenvalue weighted by atomic mass is 9.93. The molecule has 9 heteroatoms. The number of halogens is 3. The van der Waals surface area contributed by atoms with Crippen LogP contribution >= 0.6 is 0 Å². The third-order valence-electron chi connectivity index (χ3n) is 6.52. The third kappa shape index (κ3) is 4.25. The molecule has 1 N–H and O–H groups in total. The molecule has 0 saturated heterocycles. The van der Waals surface area contributed by atoms with Crippen molar-refractivity contribution in [1.29, 1.82) is 0 Å². The van der Waals surface area contributed by atoms with Crippen molar-refractivity contribution in [2.75, 3.05) is 26.2 Å². The normalized spacial score (nSPS) is 15.4. The number of amides is 2. The monoisotopic (exact) mass is 498 g/mol. The summed E-state index contributed by atoms with van der Waals surface area (Å²) >= 11 is 0. The first-order valence-electron chi connectivity index (χ1n) is 11.3. The maximum atomic E-state index is 14.1. The van der Waals surface area contributed by atoms with E-state index in [2.05, 4.69) is 5.32 Å². The summed E-state index contributed by atoms with van der Waals surface area (Å²) in [6.07, 6.45) is -3.52. The molecule has 188 valence electrons. The van der Waals surface area contributed by atoms with Gasteiger partial charge in [0.05, 0.1) is 11.0 Å². The van der Waals surface area contributed by atoms with Gasteiger partial charge in [-0.15, -0.1) is 0 Å². The Morgan fingerprint density at radius 1 is 0.972 bits per heavy atom. The van der Waals surface area contributed by atoms with E-state index in [0.717, 1.165) is 11.6 Å². The Morgan fingerprint density at radius 3 is 2.42 bits per heavy atom. The molecule has 0 atom stereocenters. The topological polar surface area (TPSA) is 67.9 Å². The second-order valence-electron chi connectivity index (χ2n) is 9.14. The van der Waals surface area contributed by atoms with Crippen molar-refractivity contribution in [2.45, 2.75) is 24.4 Å². The molecule has 2 aliphatic rings. The number of hydrogen-bond donors (Lipinski definition) is 1. The molecular weight excluding hydrogens is 473 g/mol. The smallest absolute Gasteiger partial charge is 0.417 e. The van der Waals surface area contributed by atoms with Gasteiger partial charge in [0.1, 0.15) is 0 Å². The maximum Gasteiger partial charge on any atom is 0.417 e. The fourth-order valence-corrected chi connectivity index (χ4v) is 4.40. The molecule has 1 aliphatic heterocycles. The number of alkyl halides is 3. The van der Waals surface area contributed by atoms with E-state index in [-0.39, 0.29) is 42.4 Å². The molecule has 6 nitrogen and oxygen atoms in total. The second kappa shape index (κ2) is 8.58. The van der Waals surface area contributed by atoms with Gasteiger partial charge in [-0.05, 0) is 65.9 Å². The molecule has 0 bridgehead atoms. The Bertz CT molecular complexity index is 1370. The van der Waals surface area contributed by atoms with Crippen LogP contribution in [0.5, 0.6) is 11.5 Å². The van der Waals surface area contributed by atoms with E-state index >= 15 is 0 Å². The van der Waals surface area contributed by atoms with Crippen molar-refractivity contribution in [2.24, 2.45) is 0 Å². The van der Waals surface area contributed by atoms with Crippen molar-refractivity contribution >= 4 is 17.5 Å². The molecule has 0 aromatic heterocycles. The maximum absolute atomic E-state index is 14.1. The number of rotatable bonds is 5. The van der Waals surface area contributed by atoms with E-state index < -0.39 is 17.2 Å². The molecule has 1 heterocycles. The van der Waals surface area contributed by atoms with Crippen molar-refractivity contribution < 1.29 is 33.7 Å². The van der Waals surface area contributed by atoms with Crippen LogP contribution in [0.3, 0.4) is 0 Å². The van der Waals surface area contributed by atoms with Crippen LogP contribution in [0.4, 0.5) is 18.9 Å². The molecule has 0 spiro atoms. The molecule has 36 heavy (non-hydrogen) atoms. The molecule has 3 aromatic carbocycles. The van der Waals surface area contributed by atoms with Gasteiger partial charge < -0.3 is 19.7 Å². The van der Waals surface area contributed by atoms with Crippen LogP contribution in [-0.2, 0) is 16.4 Å².